The van der Waals surface area contributed by atoms with Gasteiger partial charge in [0.25, 0.3) is 0 Å². The van der Waals surface area contributed by atoms with Crippen LogP contribution in [0.2, 0.25) is 0 Å². The molecule has 20 heavy (non-hydrogen) atoms. The molecule has 1 aromatic carbocycles. The fourth-order valence-corrected chi connectivity index (χ4v) is 2.68. The third-order valence-corrected chi connectivity index (χ3v) is 3.82. The molecule has 0 bridgehead atoms. The first-order valence-corrected chi connectivity index (χ1v) is 6.66. The molecule has 0 aliphatic heterocycles. The molecule has 1 amide bonds. The van der Waals surface area contributed by atoms with Gasteiger partial charge in [0.05, 0.1) is 11.4 Å². The molecule has 0 aliphatic rings. The summed E-state index contributed by atoms with van der Waals surface area (Å²) < 4.78 is 13.4. The first-order chi connectivity index (χ1) is 9.47. The van der Waals surface area contributed by atoms with Crippen LogP contribution in [0.4, 0.5) is 9.39 Å². The second kappa shape index (κ2) is 5.83. The molecule has 0 spiro atoms. The van der Waals surface area contributed by atoms with Crippen molar-refractivity contribution < 1.29 is 19.1 Å². The average molecular weight is 293 g/mol. The van der Waals surface area contributed by atoms with Gasteiger partial charge in [-0.2, -0.15) is 0 Å². The number of aryl methyl sites for hydroxylation is 1. The maximum absolute atomic E-state index is 13.4. The topological polar surface area (TPSA) is 66.4 Å². The number of benzene rings is 1. The Morgan fingerprint density at radius 2 is 2.05 bits per heavy atom. The van der Waals surface area contributed by atoms with Crippen LogP contribution in [0.5, 0.6) is 0 Å². The van der Waals surface area contributed by atoms with Crippen molar-refractivity contribution in [3.05, 3.63) is 52.2 Å². The first-order valence-electron chi connectivity index (χ1n) is 5.84. The first kappa shape index (κ1) is 14.2. The van der Waals surface area contributed by atoms with Gasteiger partial charge in [-0.3, -0.25) is 4.79 Å². The smallest absolute Gasteiger partial charge is 0.346 e. The van der Waals surface area contributed by atoms with Crippen molar-refractivity contribution in [3.63, 3.8) is 0 Å². The number of anilines is 1. The van der Waals surface area contributed by atoms with E-state index in [1.54, 1.807) is 25.1 Å². The summed E-state index contributed by atoms with van der Waals surface area (Å²) in [4.78, 5) is 22.9. The van der Waals surface area contributed by atoms with Gasteiger partial charge in [-0.15, -0.1) is 11.3 Å². The highest BCUT2D eigenvalue weighted by atomic mass is 32.1. The molecular weight excluding hydrogens is 281 g/mol. The number of rotatable bonds is 4. The van der Waals surface area contributed by atoms with Gasteiger partial charge in [0.1, 0.15) is 10.7 Å². The fourth-order valence-electron chi connectivity index (χ4n) is 1.75. The van der Waals surface area contributed by atoms with Crippen molar-refractivity contribution in [2.75, 3.05) is 5.32 Å². The molecule has 6 heteroatoms. The summed E-state index contributed by atoms with van der Waals surface area (Å²) in [5.41, 5.74) is 0.889. The molecule has 0 unspecified atom stereocenters. The summed E-state index contributed by atoms with van der Waals surface area (Å²) in [5, 5.41) is 12.0. The second-order valence-electron chi connectivity index (χ2n) is 4.24. The lowest BCUT2D eigenvalue weighted by Gasteiger charge is -2.03. The molecule has 2 N–H and O–H groups in total. The number of halogens is 1. The van der Waals surface area contributed by atoms with Gasteiger partial charge in [-0.25, -0.2) is 9.18 Å². The Bertz CT molecular complexity index is 666. The Morgan fingerprint density at radius 3 is 2.65 bits per heavy atom. The Kier molecular flexibility index (Phi) is 4.14. The summed E-state index contributed by atoms with van der Waals surface area (Å²) in [5.74, 6) is -1.84. The maximum Gasteiger partial charge on any atom is 0.346 e. The Morgan fingerprint density at radius 1 is 1.35 bits per heavy atom. The molecular formula is C14H12FNO3S. The minimum atomic E-state index is -1.03. The van der Waals surface area contributed by atoms with Gasteiger partial charge in [-0.05, 0) is 30.2 Å². The lowest BCUT2D eigenvalue weighted by atomic mass is 10.1. The normalized spacial score (nSPS) is 10.3. The summed E-state index contributed by atoms with van der Waals surface area (Å²) in [6, 6.07) is 7.63. The van der Waals surface area contributed by atoms with Crippen LogP contribution >= 0.6 is 11.3 Å². The molecule has 1 aromatic heterocycles. The van der Waals surface area contributed by atoms with E-state index >= 15 is 0 Å². The quantitative estimate of drug-likeness (QED) is 0.910. The predicted molar refractivity (Wildman–Crippen MR) is 74.7 cm³/mol. The third-order valence-electron chi connectivity index (χ3n) is 2.68. The van der Waals surface area contributed by atoms with E-state index in [9.17, 15) is 14.0 Å². The van der Waals surface area contributed by atoms with E-state index in [4.69, 9.17) is 5.11 Å². The van der Waals surface area contributed by atoms with Gasteiger partial charge in [0.2, 0.25) is 5.91 Å². The lowest BCUT2D eigenvalue weighted by molar-refractivity contribution is -0.115. The number of carbonyl (C=O) groups is 2. The fraction of sp³-hybridized carbons (Fsp3) is 0.143. The van der Waals surface area contributed by atoms with E-state index in [1.807, 2.05) is 0 Å². The van der Waals surface area contributed by atoms with E-state index < -0.39 is 11.8 Å². The van der Waals surface area contributed by atoms with Crippen LogP contribution in [-0.2, 0) is 11.2 Å². The number of carbonyl (C=O) groups excluding carboxylic acids is 1. The highest BCUT2D eigenvalue weighted by Gasteiger charge is 2.14. The largest absolute Gasteiger partial charge is 0.477 e. The van der Waals surface area contributed by atoms with Crippen LogP contribution < -0.4 is 5.32 Å². The number of amides is 1. The van der Waals surface area contributed by atoms with Crippen molar-refractivity contribution in [1.29, 1.82) is 0 Å². The molecule has 2 aromatic rings. The van der Waals surface area contributed by atoms with Crippen molar-refractivity contribution in [1.82, 2.24) is 0 Å². The SMILES string of the molecule is Cc1cc(NC(=O)Cc2ccccc2F)sc1C(=O)O. The standard InChI is InChI=1S/C14H12FNO3S/c1-8-6-12(20-13(8)14(18)19)16-11(17)7-9-4-2-3-5-10(9)15/h2-6H,7H2,1H3,(H,16,17)(H,18,19). The van der Waals surface area contributed by atoms with E-state index in [1.165, 1.54) is 12.1 Å². The monoisotopic (exact) mass is 293 g/mol. The Hall–Kier alpha value is -2.21. The summed E-state index contributed by atoms with van der Waals surface area (Å²) in [6.45, 7) is 1.66. The predicted octanol–water partition coefficient (Wildman–Crippen LogP) is 3.08. The number of thiophene rings is 1. The highest BCUT2D eigenvalue weighted by molar-refractivity contribution is 7.18. The lowest BCUT2D eigenvalue weighted by Crippen LogP contribution is -2.14. The zero-order chi connectivity index (χ0) is 14.7. The van der Waals surface area contributed by atoms with E-state index in [0.717, 1.165) is 11.3 Å². The van der Waals surface area contributed by atoms with Crippen LogP contribution in [-0.4, -0.2) is 17.0 Å². The van der Waals surface area contributed by atoms with Gasteiger partial charge in [-0.1, -0.05) is 18.2 Å². The Labute approximate surface area is 118 Å². The molecule has 0 saturated heterocycles. The van der Waals surface area contributed by atoms with Gasteiger partial charge in [0, 0.05) is 0 Å². The van der Waals surface area contributed by atoms with Crippen molar-refractivity contribution in [3.8, 4) is 0 Å². The maximum atomic E-state index is 13.4. The van der Waals surface area contributed by atoms with Gasteiger partial charge < -0.3 is 10.4 Å². The minimum absolute atomic E-state index is 0.0912. The van der Waals surface area contributed by atoms with E-state index in [-0.39, 0.29) is 17.2 Å². The van der Waals surface area contributed by atoms with Crippen molar-refractivity contribution >= 4 is 28.2 Å². The molecule has 0 aliphatic carbocycles. The molecule has 4 nitrogen and oxygen atoms in total. The van der Waals surface area contributed by atoms with Crippen LogP contribution in [0.1, 0.15) is 20.8 Å². The van der Waals surface area contributed by atoms with E-state index in [0.29, 0.717) is 16.1 Å². The number of hydrogen-bond acceptors (Lipinski definition) is 3. The molecule has 0 fully saturated rings. The summed E-state index contributed by atoms with van der Waals surface area (Å²) >= 11 is 0.985. The van der Waals surface area contributed by atoms with Crippen LogP contribution in [0, 0.1) is 12.7 Å². The third kappa shape index (κ3) is 3.21. The molecule has 0 saturated carbocycles. The van der Waals surface area contributed by atoms with Crippen molar-refractivity contribution in [2.45, 2.75) is 13.3 Å². The van der Waals surface area contributed by atoms with E-state index in [2.05, 4.69) is 5.32 Å². The summed E-state index contributed by atoms with van der Waals surface area (Å²) in [6.07, 6.45) is -0.0912. The molecule has 2 rings (SSSR count). The minimum Gasteiger partial charge on any atom is -0.477 e. The highest BCUT2D eigenvalue weighted by Crippen LogP contribution is 2.26. The molecule has 1 heterocycles. The van der Waals surface area contributed by atoms with Crippen molar-refractivity contribution in [2.24, 2.45) is 0 Å². The Balaban J connectivity index is 2.07. The van der Waals surface area contributed by atoms with Gasteiger partial charge >= 0.3 is 5.97 Å². The molecule has 0 radical (unpaired) electrons. The second-order valence-corrected chi connectivity index (χ2v) is 5.30. The molecule has 104 valence electrons. The number of nitrogens with one attached hydrogen (secondary N) is 1. The van der Waals surface area contributed by atoms with Crippen LogP contribution in [0.3, 0.4) is 0 Å². The zero-order valence-electron chi connectivity index (χ0n) is 10.6. The number of carboxylic acids is 1. The zero-order valence-corrected chi connectivity index (χ0v) is 11.5. The average Bonchev–Trinajstić information content (AvgIpc) is 2.73. The van der Waals surface area contributed by atoms with Gasteiger partial charge in [0.15, 0.2) is 0 Å². The number of hydrogen-bond donors (Lipinski definition) is 2. The number of carboxylic acid groups (broad SMARTS) is 1. The number of aromatic carboxylic acids is 1. The molecule has 0 atom stereocenters. The van der Waals surface area contributed by atoms with Crippen LogP contribution in [0.25, 0.3) is 0 Å². The van der Waals surface area contributed by atoms with Crippen LogP contribution in [0.15, 0.2) is 30.3 Å². The summed E-state index contributed by atoms with van der Waals surface area (Å²) in [7, 11) is 0.